The summed E-state index contributed by atoms with van der Waals surface area (Å²) in [5.74, 6) is 0.434. The monoisotopic (exact) mass is 272 g/mol. The highest BCUT2D eigenvalue weighted by Gasteiger charge is 2.26. The molecule has 1 saturated heterocycles. The van der Waals surface area contributed by atoms with Crippen molar-refractivity contribution < 1.29 is 9.21 Å². The lowest BCUT2D eigenvalue weighted by Gasteiger charge is -2.33. The lowest BCUT2D eigenvalue weighted by atomic mass is 10.1. The molecule has 3 rings (SSSR count). The second-order valence-corrected chi connectivity index (χ2v) is 5.64. The number of piperazine rings is 1. The number of aryl methyl sites for hydroxylation is 2. The summed E-state index contributed by atoms with van der Waals surface area (Å²) in [5.41, 5.74) is 3.19. The van der Waals surface area contributed by atoms with Crippen molar-refractivity contribution in [3.05, 3.63) is 35.1 Å². The average Bonchev–Trinajstić information content (AvgIpc) is 2.82. The largest absolute Gasteiger partial charge is 0.451 e. The van der Waals surface area contributed by atoms with Gasteiger partial charge in [-0.2, -0.15) is 0 Å². The van der Waals surface area contributed by atoms with E-state index in [4.69, 9.17) is 4.42 Å². The van der Waals surface area contributed by atoms with E-state index >= 15 is 0 Å². The number of furan rings is 1. The zero-order chi connectivity index (χ0) is 14.3. The predicted octanol–water partition coefficient (Wildman–Crippen LogP) is 2.48. The van der Waals surface area contributed by atoms with Gasteiger partial charge in [0.05, 0.1) is 0 Å². The van der Waals surface area contributed by atoms with Crippen LogP contribution in [0, 0.1) is 13.8 Å². The molecule has 1 aliphatic heterocycles. The standard InChI is InChI=1S/C16H20N2O2/c1-10-6-13-8-15(20-14(13)7-11(10)2)16(19)18-5-4-17-9-12(18)3/h6-8,12,17H,4-5,9H2,1-3H3/t12-/m0/s1. The van der Waals surface area contributed by atoms with Gasteiger partial charge in [-0.3, -0.25) is 4.79 Å². The Morgan fingerprint density at radius 3 is 2.80 bits per heavy atom. The van der Waals surface area contributed by atoms with Crippen LogP contribution in [0.3, 0.4) is 0 Å². The fourth-order valence-corrected chi connectivity index (χ4v) is 2.69. The van der Waals surface area contributed by atoms with Gasteiger partial charge in [-0.05, 0) is 50.1 Å². The number of hydrogen-bond donors (Lipinski definition) is 1. The van der Waals surface area contributed by atoms with Gasteiger partial charge >= 0.3 is 0 Å². The van der Waals surface area contributed by atoms with E-state index in [2.05, 4.69) is 32.2 Å². The zero-order valence-corrected chi connectivity index (χ0v) is 12.2. The number of fused-ring (bicyclic) bond motifs is 1. The van der Waals surface area contributed by atoms with Crippen molar-refractivity contribution >= 4 is 16.9 Å². The fourth-order valence-electron chi connectivity index (χ4n) is 2.69. The Morgan fingerprint density at radius 2 is 2.05 bits per heavy atom. The van der Waals surface area contributed by atoms with Gasteiger partial charge in [0.25, 0.3) is 5.91 Å². The molecule has 0 spiro atoms. The molecule has 1 aliphatic rings. The number of hydrogen-bond acceptors (Lipinski definition) is 3. The summed E-state index contributed by atoms with van der Waals surface area (Å²) in [5, 5.41) is 4.29. The van der Waals surface area contributed by atoms with E-state index in [0.717, 1.165) is 30.6 Å². The molecule has 0 aliphatic carbocycles. The number of carbonyl (C=O) groups is 1. The minimum atomic E-state index is -0.00879. The Hall–Kier alpha value is -1.81. The van der Waals surface area contributed by atoms with Crippen molar-refractivity contribution in [2.24, 2.45) is 0 Å². The van der Waals surface area contributed by atoms with E-state index in [1.165, 1.54) is 11.1 Å². The van der Waals surface area contributed by atoms with Crippen LogP contribution in [0.1, 0.15) is 28.6 Å². The second-order valence-electron chi connectivity index (χ2n) is 5.64. The van der Waals surface area contributed by atoms with Gasteiger partial charge in [-0.1, -0.05) is 0 Å². The summed E-state index contributed by atoms with van der Waals surface area (Å²) in [7, 11) is 0. The second kappa shape index (κ2) is 4.94. The third-order valence-corrected chi connectivity index (χ3v) is 4.11. The molecule has 4 heteroatoms. The summed E-state index contributed by atoms with van der Waals surface area (Å²) < 4.78 is 5.76. The maximum atomic E-state index is 12.6. The number of rotatable bonds is 1. The van der Waals surface area contributed by atoms with Gasteiger partial charge in [0.1, 0.15) is 5.58 Å². The first kappa shape index (κ1) is 13.2. The van der Waals surface area contributed by atoms with Crippen molar-refractivity contribution in [3.63, 3.8) is 0 Å². The maximum Gasteiger partial charge on any atom is 0.289 e. The molecule has 2 aromatic rings. The minimum Gasteiger partial charge on any atom is -0.451 e. The molecule has 4 nitrogen and oxygen atoms in total. The van der Waals surface area contributed by atoms with Gasteiger partial charge in [-0.15, -0.1) is 0 Å². The van der Waals surface area contributed by atoms with Gasteiger partial charge in [-0.25, -0.2) is 0 Å². The van der Waals surface area contributed by atoms with E-state index in [1.54, 1.807) is 0 Å². The van der Waals surface area contributed by atoms with E-state index in [-0.39, 0.29) is 11.9 Å². The molecule has 1 N–H and O–H groups in total. The molecule has 0 radical (unpaired) electrons. The lowest BCUT2D eigenvalue weighted by Crippen LogP contribution is -2.52. The first-order valence-electron chi connectivity index (χ1n) is 7.09. The average molecular weight is 272 g/mol. The van der Waals surface area contributed by atoms with Crippen molar-refractivity contribution in [1.29, 1.82) is 0 Å². The molecule has 106 valence electrons. The van der Waals surface area contributed by atoms with Gasteiger partial charge in [0.2, 0.25) is 0 Å². The zero-order valence-electron chi connectivity index (χ0n) is 12.2. The summed E-state index contributed by atoms with van der Waals surface area (Å²) in [6.07, 6.45) is 0. The molecule has 1 aromatic carbocycles. The SMILES string of the molecule is Cc1cc2cc(C(=O)N3CCNC[C@@H]3C)oc2cc1C. The number of amides is 1. The van der Waals surface area contributed by atoms with E-state index in [9.17, 15) is 4.79 Å². The molecule has 0 unspecified atom stereocenters. The predicted molar refractivity (Wildman–Crippen MR) is 79.1 cm³/mol. The smallest absolute Gasteiger partial charge is 0.289 e. The Kier molecular flexibility index (Phi) is 3.26. The molecular weight excluding hydrogens is 252 g/mol. The molecule has 1 amide bonds. The minimum absolute atomic E-state index is 0.00879. The van der Waals surface area contributed by atoms with Crippen molar-refractivity contribution in [3.8, 4) is 0 Å². The number of carbonyl (C=O) groups excluding carboxylic acids is 1. The molecule has 1 fully saturated rings. The van der Waals surface area contributed by atoms with Crippen molar-refractivity contribution in [2.45, 2.75) is 26.8 Å². The maximum absolute atomic E-state index is 12.6. The molecule has 1 aromatic heterocycles. The number of benzene rings is 1. The third kappa shape index (κ3) is 2.20. The molecule has 0 bridgehead atoms. The van der Waals surface area contributed by atoms with Crippen LogP contribution in [0.4, 0.5) is 0 Å². The Bertz CT molecular complexity index is 621. The van der Waals surface area contributed by atoms with Crippen LogP contribution in [-0.2, 0) is 0 Å². The van der Waals surface area contributed by atoms with Crippen LogP contribution in [0.5, 0.6) is 0 Å². The number of nitrogens with one attached hydrogen (secondary N) is 1. The highest BCUT2D eigenvalue weighted by atomic mass is 16.3. The summed E-state index contributed by atoms with van der Waals surface area (Å²) >= 11 is 0. The quantitative estimate of drug-likeness (QED) is 0.867. The Morgan fingerprint density at radius 1 is 1.30 bits per heavy atom. The molecule has 0 saturated carbocycles. The molecule has 20 heavy (non-hydrogen) atoms. The summed E-state index contributed by atoms with van der Waals surface area (Å²) in [6.45, 7) is 8.59. The summed E-state index contributed by atoms with van der Waals surface area (Å²) in [4.78, 5) is 14.4. The Balaban J connectivity index is 1.95. The first-order valence-corrected chi connectivity index (χ1v) is 7.09. The van der Waals surface area contributed by atoms with E-state index < -0.39 is 0 Å². The van der Waals surface area contributed by atoms with Crippen LogP contribution in [0.25, 0.3) is 11.0 Å². The molecular formula is C16H20N2O2. The highest BCUT2D eigenvalue weighted by Crippen LogP contribution is 2.24. The first-order chi connectivity index (χ1) is 9.56. The number of nitrogens with zero attached hydrogens (tertiary/aromatic N) is 1. The topological polar surface area (TPSA) is 45.5 Å². The van der Waals surface area contributed by atoms with Crippen LogP contribution < -0.4 is 5.32 Å². The fraction of sp³-hybridized carbons (Fsp3) is 0.438. The van der Waals surface area contributed by atoms with Crippen LogP contribution in [-0.4, -0.2) is 36.5 Å². The third-order valence-electron chi connectivity index (χ3n) is 4.11. The van der Waals surface area contributed by atoms with E-state index in [0.29, 0.717) is 5.76 Å². The van der Waals surface area contributed by atoms with E-state index in [1.807, 2.05) is 17.0 Å². The van der Waals surface area contributed by atoms with Gasteiger partial charge in [0, 0.05) is 31.1 Å². The van der Waals surface area contributed by atoms with Crippen molar-refractivity contribution in [1.82, 2.24) is 10.2 Å². The normalized spacial score (nSPS) is 19.6. The molecule has 1 atom stereocenters. The van der Waals surface area contributed by atoms with Crippen LogP contribution >= 0.6 is 0 Å². The van der Waals surface area contributed by atoms with Gasteiger partial charge in [0.15, 0.2) is 5.76 Å². The highest BCUT2D eigenvalue weighted by molar-refractivity contribution is 5.96. The summed E-state index contributed by atoms with van der Waals surface area (Å²) in [6, 6.07) is 6.14. The van der Waals surface area contributed by atoms with Crippen molar-refractivity contribution in [2.75, 3.05) is 19.6 Å². The van der Waals surface area contributed by atoms with Crippen LogP contribution in [0.2, 0.25) is 0 Å². The van der Waals surface area contributed by atoms with Crippen LogP contribution in [0.15, 0.2) is 22.6 Å². The Labute approximate surface area is 118 Å². The lowest BCUT2D eigenvalue weighted by molar-refractivity contribution is 0.0625. The molecule has 2 heterocycles. The van der Waals surface area contributed by atoms with Gasteiger partial charge < -0.3 is 14.6 Å².